The number of aromatic nitrogens is 1. The van der Waals surface area contributed by atoms with Crippen molar-refractivity contribution in [2.24, 2.45) is 0 Å². The first kappa shape index (κ1) is 10.5. The highest BCUT2D eigenvalue weighted by Gasteiger charge is 1.80. The van der Waals surface area contributed by atoms with Gasteiger partial charge in [-0.05, 0) is 24.6 Å². The van der Waals surface area contributed by atoms with Crippen LogP contribution in [0.15, 0.2) is 36.7 Å². The van der Waals surface area contributed by atoms with Gasteiger partial charge in [0.25, 0.3) is 0 Å². The van der Waals surface area contributed by atoms with Gasteiger partial charge < -0.3 is 0 Å². The average molecular weight is 185 g/mol. The Labute approximate surface area is 85.9 Å². The fourth-order valence-corrected chi connectivity index (χ4v) is 1.03. The summed E-state index contributed by atoms with van der Waals surface area (Å²) in [6.07, 6.45) is 11.2. The van der Waals surface area contributed by atoms with Crippen LogP contribution in [0.1, 0.15) is 31.7 Å². The van der Waals surface area contributed by atoms with Crippen LogP contribution in [0, 0.1) is 11.8 Å². The normalized spacial score (nSPS) is 9.79. The maximum atomic E-state index is 3.99. The van der Waals surface area contributed by atoms with E-state index in [2.05, 4.69) is 29.8 Å². The number of hydrogen-bond donors (Lipinski definition) is 0. The summed E-state index contributed by atoms with van der Waals surface area (Å²) in [7, 11) is 0. The summed E-state index contributed by atoms with van der Waals surface area (Å²) in [6, 6.07) is 3.85. The number of nitrogens with zero attached hydrogens (tertiary/aromatic N) is 1. The van der Waals surface area contributed by atoms with Crippen molar-refractivity contribution in [3.63, 3.8) is 0 Å². The third kappa shape index (κ3) is 4.47. The highest BCUT2D eigenvalue weighted by atomic mass is 14.6. The smallest absolute Gasteiger partial charge is 0.0432 e. The van der Waals surface area contributed by atoms with Crippen molar-refractivity contribution in [3.05, 3.63) is 42.2 Å². The summed E-state index contributed by atoms with van der Waals surface area (Å²) in [5.74, 6) is 6.01. The van der Waals surface area contributed by atoms with Crippen LogP contribution in [-0.4, -0.2) is 4.98 Å². The molecule has 1 aromatic rings. The van der Waals surface area contributed by atoms with E-state index in [9.17, 15) is 0 Å². The highest BCUT2D eigenvalue weighted by Crippen LogP contribution is 1.94. The van der Waals surface area contributed by atoms with Gasteiger partial charge in [0.15, 0.2) is 0 Å². The third-order valence-corrected chi connectivity index (χ3v) is 1.80. The molecule has 0 bridgehead atoms. The summed E-state index contributed by atoms with van der Waals surface area (Å²) >= 11 is 0. The third-order valence-electron chi connectivity index (χ3n) is 1.80. The van der Waals surface area contributed by atoms with Gasteiger partial charge in [0.2, 0.25) is 0 Å². The standard InChI is InChI=1S/C13H15N/c1-2-3-4-5-6-7-9-13-10-8-11-14-12-13/h5-6,8,10-12H,2-4H2,1H3/b6-5+. The molecule has 0 saturated carbocycles. The van der Waals surface area contributed by atoms with Gasteiger partial charge in [0, 0.05) is 18.0 Å². The Balaban J connectivity index is 2.37. The van der Waals surface area contributed by atoms with Crippen LogP contribution in [0.3, 0.4) is 0 Å². The van der Waals surface area contributed by atoms with Crippen LogP contribution in [0.4, 0.5) is 0 Å². The molecule has 0 unspecified atom stereocenters. The summed E-state index contributed by atoms with van der Waals surface area (Å²) in [6.45, 7) is 2.19. The number of pyridine rings is 1. The molecule has 14 heavy (non-hydrogen) atoms. The molecule has 0 fully saturated rings. The zero-order valence-corrected chi connectivity index (χ0v) is 8.53. The van der Waals surface area contributed by atoms with E-state index < -0.39 is 0 Å². The van der Waals surface area contributed by atoms with Crippen molar-refractivity contribution < 1.29 is 0 Å². The zero-order chi connectivity index (χ0) is 10.1. The predicted octanol–water partition coefficient (Wildman–Crippen LogP) is 3.18. The molecule has 0 spiro atoms. The second kappa shape index (κ2) is 6.91. The Morgan fingerprint density at radius 3 is 3.14 bits per heavy atom. The Kier molecular flexibility index (Phi) is 5.20. The molecule has 0 atom stereocenters. The van der Waals surface area contributed by atoms with Gasteiger partial charge in [0.05, 0.1) is 0 Å². The van der Waals surface area contributed by atoms with Gasteiger partial charge in [-0.1, -0.05) is 37.7 Å². The Hall–Kier alpha value is -1.55. The molecule has 1 heteroatoms. The molecule has 0 saturated heterocycles. The van der Waals surface area contributed by atoms with E-state index in [4.69, 9.17) is 0 Å². The molecule has 72 valence electrons. The van der Waals surface area contributed by atoms with Crippen LogP contribution in [-0.2, 0) is 0 Å². The topological polar surface area (TPSA) is 12.9 Å². The van der Waals surface area contributed by atoms with E-state index in [1.807, 2.05) is 18.2 Å². The van der Waals surface area contributed by atoms with Gasteiger partial charge in [-0.25, -0.2) is 0 Å². The van der Waals surface area contributed by atoms with Gasteiger partial charge in [-0.2, -0.15) is 0 Å². The van der Waals surface area contributed by atoms with Gasteiger partial charge in [-0.3, -0.25) is 4.98 Å². The molecule has 0 amide bonds. The first-order chi connectivity index (χ1) is 6.93. The first-order valence-corrected chi connectivity index (χ1v) is 5.00. The molecule has 0 radical (unpaired) electrons. The lowest BCUT2D eigenvalue weighted by Gasteiger charge is -1.85. The number of unbranched alkanes of at least 4 members (excludes halogenated alkanes) is 2. The summed E-state index contributed by atoms with van der Waals surface area (Å²) in [5, 5.41) is 0. The summed E-state index contributed by atoms with van der Waals surface area (Å²) in [5.41, 5.74) is 0.965. The molecule has 1 heterocycles. The van der Waals surface area contributed by atoms with E-state index in [0.29, 0.717) is 0 Å². The molecule has 0 aliphatic rings. The monoisotopic (exact) mass is 185 g/mol. The van der Waals surface area contributed by atoms with Gasteiger partial charge in [-0.15, -0.1) is 0 Å². The van der Waals surface area contributed by atoms with Crippen molar-refractivity contribution in [1.82, 2.24) is 4.98 Å². The minimum absolute atomic E-state index is 0.965. The van der Waals surface area contributed by atoms with Crippen LogP contribution < -0.4 is 0 Å². The van der Waals surface area contributed by atoms with Crippen molar-refractivity contribution in [2.75, 3.05) is 0 Å². The van der Waals surface area contributed by atoms with Crippen LogP contribution in [0.5, 0.6) is 0 Å². The first-order valence-electron chi connectivity index (χ1n) is 5.00. The van der Waals surface area contributed by atoms with Crippen LogP contribution >= 0.6 is 0 Å². The average Bonchev–Trinajstić information content (AvgIpc) is 2.25. The molecule has 0 aliphatic carbocycles. The van der Waals surface area contributed by atoms with Gasteiger partial charge >= 0.3 is 0 Å². The maximum absolute atomic E-state index is 3.99. The van der Waals surface area contributed by atoms with Crippen molar-refractivity contribution in [1.29, 1.82) is 0 Å². The largest absolute Gasteiger partial charge is 0.263 e. The Bertz CT molecular complexity index is 327. The maximum Gasteiger partial charge on any atom is 0.0432 e. The highest BCUT2D eigenvalue weighted by molar-refractivity contribution is 5.34. The van der Waals surface area contributed by atoms with Crippen molar-refractivity contribution >= 4 is 0 Å². The fraction of sp³-hybridized carbons (Fsp3) is 0.308. The second-order valence-electron chi connectivity index (χ2n) is 3.06. The molecule has 0 aliphatic heterocycles. The van der Waals surface area contributed by atoms with Crippen LogP contribution in [0.25, 0.3) is 0 Å². The van der Waals surface area contributed by atoms with E-state index in [-0.39, 0.29) is 0 Å². The molecule has 0 aromatic carbocycles. The lowest BCUT2D eigenvalue weighted by Crippen LogP contribution is -1.73. The SMILES string of the molecule is CCCC/C=C/C#Cc1cccnc1. The molecule has 1 rings (SSSR count). The minimum atomic E-state index is 0.965. The quantitative estimate of drug-likeness (QED) is 0.520. The molecule has 0 N–H and O–H groups in total. The van der Waals surface area contributed by atoms with E-state index in [1.54, 1.807) is 12.4 Å². The second-order valence-corrected chi connectivity index (χ2v) is 3.06. The van der Waals surface area contributed by atoms with E-state index in [0.717, 1.165) is 12.0 Å². The minimum Gasteiger partial charge on any atom is -0.263 e. The van der Waals surface area contributed by atoms with Gasteiger partial charge in [0.1, 0.15) is 0 Å². The van der Waals surface area contributed by atoms with Crippen LogP contribution in [0.2, 0.25) is 0 Å². The van der Waals surface area contributed by atoms with E-state index in [1.165, 1.54) is 12.8 Å². The lowest BCUT2D eigenvalue weighted by atomic mass is 10.2. The number of rotatable bonds is 3. The predicted molar refractivity (Wildman–Crippen MR) is 59.8 cm³/mol. The number of hydrogen-bond acceptors (Lipinski definition) is 1. The summed E-state index contributed by atoms with van der Waals surface area (Å²) in [4.78, 5) is 3.99. The molecule has 1 aromatic heterocycles. The fourth-order valence-electron chi connectivity index (χ4n) is 1.03. The molecular weight excluding hydrogens is 170 g/mol. The molecule has 1 nitrogen and oxygen atoms in total. The lowest BCUT2D eigenvalue weighted by molar-refractivity contribution is 0.815. The zero-order valence-electron chi connectivity index (χ0n) is 8.53. The Morgan fingerprint density at radius 2 is 2.43 bits per heavy atom. The summed E-state index contributed by atoms with van der Waals surface area (Å²) < 4.78 is 0. The van der Waals surface area contributed by atoms with Crippen molar-refractivity contribution in [3.8, 4) is 11.8 Å². The molecular formula is C13H15N. The van der Waals surface area contributed by atoms with Crippen molar-refractivity contribution in [2.45, 2.75) is 26.2 Å². The number of allylic oxidation sites excluding steroid dienone is 2. The Morgan fingerprint density at radius 1 is 1.50 bits per heavy atom. The van der Waals surface area contributed by atoms with E-state index >= 15 is 0 Å².